The van der Waals surface area contributed by atoms with E-state index in [-0.39, 0.29) is 5.97 Å². The van der Waals surface area contributed by atoms with Crippen molar-refractivity contribution in [2.24, 2.45) is 0 Å². The lowest BCUT2D eigenvalue weighted by Gasteiger charge is -2.06. The van der Waals surface area contributed by atoms with Gasteiger partial charge in [0.25, 0.3) is 0 Å². The van der Waals surface area contributed by atoms with E-state index >= 15 is 0 Å². The fourth-order valence-corrected chi connectivity index (χ4v) is 1.88. The zero-order valence-corrected chi connectivity index (χ0v) is 13.3. The maximum atomic E-state index is 11.5. The van der Waals surface area contributed by atoms with Crippen LogP contribution in [0.1, 0.15) is 30.9 Å². The molecule has 0 aliphatic heterocycles. The molecule has 2 rings (SSSR count). The summed E-state index contributed by atoms with van der Waals surface area (Å²) in [5, 5.41) is 0. The molecule has 0 fully saturated rings. The van der Waals surface area contributed by atoms with Gasteiger partial charge in [0.1, 0.15) is 12.4 Å². The molecule has 23 heavy (non-hydrogen) atoms. The third kappa shape index (κ3) is 6.34. The van der Waals surface area contributed by atoms with Crippen molar-refractivity contribution in [3.63, 3.8) is 0 Å². The molecular formula is C19H21NO3. The minimum atomic E-state index is -0.339. The summed E-state index contributed by atoms with van der Waals surface area (Å²) in [6.07, 6.45) is 8.29. The number of unbranched alkanes of at least 4 members (excludes halogenated alkanes) is 1. The second-order valence-corrected chi connectivity index (χ2v) is 5.08. The van der Waals surface area contributed by atoms with Crippen LogP contribution in [0.2, 0.25) is 0 Å². The Morgan fingerprint density at radius 1 is 1.22 bits per heavy atom. The molecule has 0 atom stereocenters. The molecule has 0 saturated carbocycles. The minimum Gasteiger partial charge on any atom is -0.487 e. The summed E-state index contributed by atoms with van der Waals surface area (Å²) >= 11 is 0. The van der Waals surface area contributed by atoms with Gasteiger partial charge in [-0.05, 0) is 29.7 Å². The van der Waals surface area contributed by atoms with Crippen molar-refractivity contribution in [2.45, 2.75) is 26.4 Å². The molecule has 120 valence electrons. The quantitative estimate of drug-likeness (QED) is 0.420. The first-order chi connectivity index (χ1) is 11.3. The Morgan fingerprint density at radius 3 is 2.83 bits per heavy atom. The molecule has 4 heteroatoms. The number of hydrogen-bond acceptors (Lipinski definition) is 4. The van der Waals surface area contributed by atoms with E-state index in [4.69, 9.17) is 9.47 Å². The minimum absolute atomic E-state index is 0.339. The average Bonchev–Trinajstić information content (AvgIpc) is 2.60. The first-order valence-corrected chi connectivity index (χ1v) is 7.74. The van der Waals surface area contributed by atoms with Crippen molar-refractivity contribution in [1.82, 2.24) is 4.98 Å². The lowest BCUT2D eigenvalue weighted by atomic mass is 10.2. The average molecular weight is 311 g/mol. The molecule has 0 aliphatic rings. The fraction of sp³-hybridized carbons (Fsp3) is 0.263. The first-order valence-electron chi connectivity index (χ1n) is 7.74. The van der Waals surface area contributed by atoms with Crippen LogP contribution < -0.4 is 4.74 Å². The van der Waals surface area contributed by atoms with Gasteiger partial charge in [0.15, 0.2) is 0 Å². The number of aromatic nitrogens is 1. The Bertz CT molecular complexity index is 638. The highest BCUT2D eigenvalue weighted by Crippen LogP contribution is 2.14. The third-order valence-electron chi connectivity index (χ3n) is 3.14. The van der Waals surface area contributed by atoms with Gasteiger partial charge in [0.2, 0.25) is 0 Å². The normalized spacial score (nSPS) is 10.7. The summed E-state index contributed by atoms with van der Waals surface area (Å²) < 4.78 is 10.8. The van der Waals surface area contributed by atoms with Gasteiger partial charge in [0, 0.05) is 12.3 Å². The number of esters is 1. The predicted octanol–water partition coefficient (Wildman–Crippen LogP) is 4.02. The Labute approximate surface area is 136 Å². The molecule has 0 bridgehead atoms. The van der Waals surface area contributed by atoms with Crippen LogP contribution in [0.3, 0.4) is 0 Å². The van der Waals surface area contributed by atoms with E-state index in [9.17, 15) is 4.79 Å². The molecule has 0 unspecified atom stereocenters. The van der Waals surface area contributed by atoms with Crippen molar-refractivity contribution in [2.75, 3.05) is 6.61 Å². The maximum Gasteiger partial charge on any atom is 0.330 e. The third-order valence-corrected chi connectivity index (χ3v) is 3.14. The maximum absolute atomic E-state index is 11.5. The zero-order valence-electron chi connectivity index (χ0n) is 13.3. The van der Waals surface area contributed by atoms with Crippen molar-refractivity contribution < 1.29 is 14.3 Å². The molecule has 0 saturated heterocycles. The number of rotatable bonds is 8. The van der Waals surface area contributed by atoms with E-state index in [1.54, 1.807) is 18.5 Å². The molecule has 1 aromatic heterocycles. The molecule has 0 aliphatic carbocycles. The Kier molecular flexibility index (Phi) is 6.85. The number of carbonyl (C=O) groups is 1. The second kappa shape index (κ2) is 9.41. The lowest BCUT2D eigenvalue weighted by molar-refractivity contribution is -0.137. The molecule has 1 aromatic carbocycles. The number of benzene rings is 1. The number of hydrogen-bond donors (Lipinski definition) is 0. The Hall–Kier alpha value is -2.62. The predicted molar refractivity (Wildman–Crippen MR) is 89.9 cm³/mol. The fourth-order valence-electron chi connectivity index (χ4n) is 1.88. The van der Waals surface area contributed by atoms with Gasteiger partial charge < -0.3 is 9.47 Å². The van der Waals surface area contributed by atoms with Crippen molar-refractivity contribution in [3.05, 3.63) is 66.0 Å². The van der Waals surface area contributed by atoms with E-state index in [0.29, 0.717) is 19.0 Å². The van der Waals surface area contributed by atoms with E-state index in [0.717, 1.165) is 24.0 Å². The van der Waals surface area contributed by atoms with Gasteiger partial charge in [-0.25, -0.2) is 4.79 Å². The van der Waals surface area contributed by atoms with Crippen LogP contribution in [0.25, 0.3) is 6.08 Å². The van der Waals surface area contributed by atoms with Crippen molar-refractivity contribution >= 4 is 12.0 Å². The van der Waals surface area contributed by atoms with E-state index < -0.39 is 0 Å². The summed E-state index contributed by atoms with van der Waals surface area (Å²) in [6, 6.07) is 11.8. The number of pyridine rings is 1. The molecule has 0 radical (unpaired) electrons. The van der Waals surface area contributed by atoms with E-state index in [1.165, 1.54) is 6.08 Å². The van der Waals surface area contributed by atoms with Gasteiger partial charge in [-0.3, -0.25) is 4.98 Å². The van der Waals surface area contributed by atoms with Crippen molar-refractivity contribution in [3.8, 4) is 5.75 Å². The van der Waals surface area contributed by atoms with Gasteiger partial charge in [0.05, 0.1) is 12.8 Å². The van der Waals surface area contributed by atoms with E-state index in [2.05, 4.69) is 11.9 Å². The summed E-state index contributed by atoms with van der Waals surface area (Å²) in [6.45, 7) is 2.99. The molecule has 2 aromatic rings. The number of carbonyl (C=O) groups excluding carboxylic acids is 1. The second-order valence-electron chi connectivity index (χ2n) is 5.08. The van der Waals surface area contributed by atoms with Crippen LogP contribution in [0.5, 0.6) is 5.75 Å². The van der Waals surface area contributed by atoms with Crippen LogP contribution in [0, 0.1) is 0 Å². The van der Waals surface area contributed by atoms with Gasteiger partial charge in [-0.1, -0.05) is 43.7 Å². The van der Waals surface area contributed by atoms with Gasteiger partial charge in [-0.2, -0.15) is 0 Å². The summed E-state index contributed by atoms with van der Waals surface area (Å²) in [5.74, 6) is 0.324. The largest absolute Gasteiger partial charge is 0.487 e. The van der Waals surface area contributed by atoms with Gasteiger partial charge >= 0.3 is 5.97 Å². The molecule has 0 N–H and O–H groups in total. The summed E-state index contributed by atoms with van der Waals surface area (Å²) in [7, 11) is 0. The SMILES string of the molecule is CCCCOC(=O)/C=C/c1cncc(OCc2ccccc2)c1. The standard InChI is InChI=1S/C19H21NO3/c1-2-3-11-22-19(21)10-9-17-12-18(14-20-13-17)23-15-16-7-5-4-6-8-16/h4-10,12-14H,2-3,11,15H2,1H3/b10-9+. The highest BCUT2D eigenvalue weighted by molar-refractivity contribution is 5.87. The zero-order chi connectivity index (χ0) is 16.3. The lowest BCUT2D eigenvalue weighted by Crippen LogP contribution is -2.01. The Balaban J connectivity index is 1.88. The van der Waals surface area contributed by atoms with Crippen molar-refractivity contribution in [1.29, 1.82) is 0 Å². The highest BCUT2D eigenvalue weighted by atomic mass is 16.5. The summed E-state index contributed by atoms with van der Waals surface area (Å²) in [5.41, 5.74) is 1.89. The number of ether oxygens (including phenoxy) is 2. The smallest absolute Gasteiger partial charge is 0.330 e. The topological polar surface area (TPSA) is 48.4 Å². The highest BCUT2D eigenvalue weighted by Gasteiger charge is 1.99. The monoisotopic (exact) mass is 311 g/mol. The number of nitrogens with zero attached hydrogens (tertiary/aromatic N) is 1. The Morgan fingerprint density at radius 2 is 2.04 bits per heavy atom. The molecular weight excluding hydrogens is 290 g/mol. The van der Waals surface area contributed by atoms with Crippen LogP contribution in [0.4, 0.5) is 0 Å². The van der Waals surface area contributed by atoms with Crippen LogP contribution >= 0.6 is 0 Å². The molecule has 4 nitrogen and oxygen atoms in total. The van der Waals surface area contributed by atoms with Crippen LogP contribution in [-0.2, 0) is 16.1 Å². The molecule has 0 amide bonds. The van der Waals surface area contributed by atoms with Gasteiger partial charge in [-0.15, -0.1) is 0 Å². The first kappa shape index (κ1) is 16.7. The van der Waals surface area contributed by atoms with E-state index in [1.807, 2.05) is 36.4 Å². The van der Waals surface area contributed by atoms with Crippen LogP contribution in [0.15, 0.2) is 54.9 Å². The summed E-state index contributed by atoms with van der Waals surface area (Å²) in [4.78, 5) is 15.6. The van der Waals surface area contributed by atoms with Crippen LogP contribution in [-0.4, -0.2) is 17.6 Å². The molecule has 0 spiro atoms. The molecule has 1 heterocycles.